The molecule has 0 bridgehead atoms. The quantitative estimate of drug-likeness (QED) is 0.748. The molecule has 8 nitrogen and oxygen atoms in total. The second kappa shape index (κ2) is 7.98. The minimum absolute atomic E-state index is 0.0279. The van der Waals surface area contributed by atoms with Gasteiger partial charge < -0.3 is 14.8 Å². The Morgan fingerprint density at radius 3 is 2.46 bits per heavy atom. The van der Waals surface area contributed by atoms with Crippen LogP contribution >= 0.6 is 11.8 Å². The monoisotopic (exact) mass is 354 g/mol. The zero-order valence-electron chi connectivity index (χ0n) is 14.8. The molecule has 1 aromatic heterocycles. The van der Waals surface area contributed by atoms with Crippen LogP contribution in [0.2, 0.25) is 0 Å². The number of amides is 2. The summed E-state index contributed by atoms with van der Waals surface area (Å²) in [6, 6.07) is 0. The number of thioether (sulfide) groups is 1. The molecule has 0 unspecified atom stereocenters. The molecule has 0 aliphatic carbocycles. The molecule has 0 spiro atoms. The van der Waals surface area contributed by atoms with Gasteiger partial charge in [-0.05, 0) is 20.8 Å². The van der Waals surface area contributed by atoms with Crippen LogP contribution in [0.15, 0.2) is 11.5 Å². The van der Waals surface area contributed by atoms with Gasteiger partial charge in [0.15, 0.2) is 5.16 Å². The molecule has 1 fully saturated rings. The molecule has 2 amide bonds. The molecule has 1 aliphatic rings. The minimum atomic E-state index is -0.216. The fraction of sp³-hybridized carbons (Fsp3) is 0.733. The maximum atomic E-state index is 12.3. The Hall–Kier alpha value is -1.61. The van der Waals surface area contributed by atoms with Crippen LogP contribution in [0.5, 0.6) is 0 Å². The Kier molecular flexibility index (Phi) is 6.22. The number of carbonyl (C=O) groups is 2. The number of piperazine rings is 1. The molecule has 24 heavy (non-hydrogen) atoms. The summed E-state index contributed by atoms with van der Waals surface area (Å²) >= 11 is 1.39. The lowest BCUT2D eigenvalue weighted by Gasteiger charge is -2.34. The standard InChI is InChI=1S/C15H26N6O2S/c1-15(2,3)17-12(22)9-20-5-7-21(8-6-20)13(23)10-24-14-18-16-11-19(14)4/h11H,5-10H2,1-4H3,(H,17,22). The molecule has 0 atom stereocenters. The van der Waals surface area contributed by atoms with Crippen molar-refractivity contribution in [1.29, 1.82) is 0 Å². The molecule has 0 saturated carbocycles. The average molecular weight is 354 g/mol. The summed E-state index contributed by atoms with van der Waals surface area (Å²) in [6.45, 7) is 9.04. The predicted molar refractivity (Wildman–Crippen MR) is 92.6 cm³/mol. The number of hydrogen-bond acceptors (Lipinski definition) is 6. The van der Waals surface area contributed by atoms with E-state index >= 15 is 0 Å². The van der Waals surface area contributed by atoms with Gasteiger partial charge >= 0.3 is 0 Å². The van der Waals surface area contributed by atoms with E-state index in [-0.39, 0.29) is 17.4 Å². The Labute approximate surface area is 147 Å². The summed E-state index contributed by atoms with van der Waals surface area (Å²) < 4.78 is 1.80. The van der Waals surface area contributed by atoms with E-state index in [1.165, 1.54) is 11.8 Å². The van der Waals surface area contributed by atoms with E-state index in [0.29, 0.717) is 25.4 Å². The number of aromatic nitrogens is 3. The van der Waals surface area contributed by atoms with Crippen molar-refractivity contribution in [2.75, 3.05) is 38.5 Å². The number of nitrogens with zero attached hydrogens (tertiary/aromatic N) is 5. The lowest BCUT2D eigenvalue weighted by atomic mass is 10.1. The van der Waals surface area contributed by atoms with Gasteiger partial charge in [-0.1, -0.05) is 11.8 Å². The van der Waals surface area contributed by atoms with Gasteiger partial charge in [0.1, 0.15) is 6.33 Å². The van der Waals surface area contributed by atoms with Crippen molar-refractivity contribution in [3.8, 4) is 0 Å². The van der Waals surface area contributed by atoms with Crippen LogP contribution in [0.3, 0.4) is 0 Å². The van der Waals surface area contributed by atoms with E-state index in [9.17, 15) is 9.59 Å². The van der Waals surface area contributed by atoms with Crippen molar-refractivity contribution >= 4 is 23.6 Å². The van der Waals surface area contributed by atoms with Gasteiger partial charge in [0.05, 0.1) is 12.3 Å². The average Bonchev–Trinajstić information content (AvgIpc) is 2.89. The molecule has 1 aliphatic heterocycles. The molecule has 2 heterocycles. The zero-order chi connectivity index (χ0) is 17.7. The first-order valence-electron chi connectivity index (χ1n) is 8.02. The lowest BCUT2D eigenvalue weighted by Crippen LogP contribution is -2.53. The lowest BCUT2D eigenvalue weighted by molar-refractivity contribution is -0.130. The van der Waals surface area contributed by atoms with E-state index in [1.807, 2.05) is 32.7 Å². The molecule has 134 valence electrons. The van der Waals surface area contributed by atoms with Crippen LogP contribution in [0, 0.1) is 0 Å². The third-order valence-corrected chi connectivity index (χ3v) is 4.62. The topological polar surface area (TPSA) is 83.4 Å². The van der Waals surface area contributed by atoms with Crippen molar-refractivity contribution in [1.82, 2.24) is 29.9 Å². The Bertz CT molecular complexity index is 575. The summed E-state index contributed by atoms with van der Waals surface area (Å²) in [4.78, 5) is 28.2. The highest BCUT2D eigenvalue weighted by Gasteiger charge is 2.23. The number of rotatable bonds is 5. The van der Waals surface area contributed by atoms with E-state index in [2.05, 4.69) is 20.4 Å². The van der Waals surface area contributed by atoms with Gasteiger partial charge in [-0.15, -0.1) is 10.2 Å². The molecule has 9 heteroatoms. The maximum absolute atomic E-state index is 12.3. The van der Waals surface area contributed by atoms with Gasteiger partial charge in [0, 0.05) is 38.8 Å². The number of aryl methyl sites for hydroxylation is 1. The van der Waals surface area contributed by atoms with E-state index in [1.54, 1.807) is 10.9 Å². The largest absolute Gasteiger partial charge is 0.350 e. The number of carbonyl (C=O) groups excluding carboxylic acids is 2. The molecule has 0 radical (unpaired) electrons. The van der Waals surface area contributed by atoms with Crippen molar-refractivity contribution in [2.24, 2.45) is 7.05 Å². The van der Waals surface area contributed by atoms with Gasteiger partial charge in [-0.2, -0.15) is 0 Å². The van der Waals surface area contributed by atoms with Crippen LogP contribution in [0.25, 0.3) is 0 Å². The third-order valence-electron chi connectivity index (χ3n) is 3.60. The van der Waals surface area contributed by atoms with E-state index < -0.39 is 0 Å². The van der Waals surface area contributed by atoms with E-state index in [4.69, 9.17) is 0 Å². The first-order chi connectivity index (χ1) is 11.2. The Morgan fingerprint density at radius 2 is 1.92 bits per heavy atom. The van der Waals surface area contributed by atoms with Crippen LogP contribution in [-0.4, -0.2) is 80.4 Å². The Balaban J connectivity index is 1.71. The number of nitrogens with one attached hydrogen (secondary N) is 1. The molecule has 2 rings (SSSR count). The molecule has 1 aromatic rings. The van der Waals surface area contributed by atoms with Crippen LogP contribution < -0.4 is 5.32 Å². The van der Waals surface area contributed by atoms with Gasteiger partial charge in [-0.3, -0.25) is 14.5 Å². The number of hydrogen-bond donors (Lipinski definition) is 1. The van der Waals surface area contributed by atoms with Crippen LogP contribution in [-0.2, 0) is 16.6 Å². The summed E-state index contributed by atoms with van der Waals surface area (Å²) in [5, 5.41) is 11.5. The van der Waals surface area contributed by atoms with Gasteiger partial charge in [-0.25, -0.2) is 0 Å². The second-order valence-corrected chi connectivity index (χ2v) is 7.91. The van der Waals surface area contributed by atoms with E-state index in [0.717, 1.165) is 18.2 Å². The van der Waals surface area contributed by atoms with Crippen molar-refractivity contribution < 1.29 is 9.59 Å². The summed E-state index contributed by atoms with van der Waals surface area (Å²) in [5.41, 5.74) is -0.216. The van der Waals surface area contributed by atoms with Gasteiger partial charge in [0.2, 0.25) is 11.8 Å². The zero-order valence-corrected chi connectivity index (χ0v) is 15.6. The fourth-order valence-electron chi connectivity index (χ4n) is 2.44. The molecule has 1 saturated heterocycles. The summed E-state index contributed by atoms with van der Waals surface area (Å²) in [7, 11) is 1.86. The first-order valence-corrected chi connectivity index (χ1v) is 9.01. The second-order valence-electron chi connectivity index (χ2n) is 6.97. The molecule has 0 aromatic carbocycles. The van der Waals surface area contributed by atoms with Crippen molar-refractivity contribution in [3.05, 3.63) is 6.33 Å². The highest BCUT2D eigenvalue weighted by molar-refractivity contribution is 7.99. The van der Waals surface area contributed by atoms with Crippen molar-refractivity contribution in [2.45, 2.75) is 31.5 Å². The normalized spacial score (nSPS) is 16.2. The predicted octanol–water partition coefficient (Wildman–Crippen LogP) is -0.0339. The minimum Gasteiger partial charge on any atom is -0.350 e. The first kappa shape index (κ1) is 18.7. The molecular weight excluding hydrogens is 328 g/mol. The highest BCUT2D eigenvalue weighted by atomic mass is 32.2. The highest BCUT2D eigenvalue weighted by Crippen LogP contribution is 2.14. The SMILES string of the molecule is Cn1cnnc1SCC(=O)N1CCN(CC(=O)NC(C)(C)C)CC1. The molecular formula is C15H26N6O2S. The fourth-order valence-corrected chi connectivity index (χ4v) is 3.23. The van der Waals surface area contributed by atoms with Gasteiger partial charge in [0.25, 0.3) is 0 Å². The van der Waals surface area contributed by atoms with Crippen LogP contribution in [0.1, 0.15) is 20.8 Å². The third kappa shape index (κ3) is 5.79. The summed E-state index contributed by atoms with van der Waals surface area (Å²) in [6.07, 6.45) is 1.62. The Morgan fingerprint density at radius 1 is 1.25 bits per heavy atom. The summed E-state index contributed by atoms with van der Waals surface area (Å²) in [5.74, 6) is 0.485. The smallest absolute Gasteiger partial charge is 0.234 e. The maximum Gasteiger partial charge on any atom is 0.234 e. The van der Waals surface area contributed by atoms with Crippen LogP contribution in [0.4, 0.5) is 0 Å². The molecule has 1 N–H and O–H groups in total. The van der Waals surface area contributed by atoms with Crippen molar-refractivity contribution in [3.63, 3.8) is 0 Å².